The first-order valence-corrected chi connectivity index (χ1v) is 7.87. The van der Waals surface area contributed by atoms with E-state index in [4.69, 9.17) is 11.6 Å². The van der Waals surface area contributed by atoms with Crippen LogP contribution in [-0.4, -0.2) is 13.1 Å². The Morgan fingerprint density at radius 3 is 3.05 bits per heavy atom. The third-order valence-electron chi connectivity index (χ3n) is 3.71. The first-order chi connectivity index (χ1) is 9.15. The summed E-state index contributed by atoms with van der Waals surface area (Å²) in [7, 11) is 0. The lowest BCUT2D eigenvalue weighted by atomic mass is 10.00. The number of benzene rings is 1. The fraction of sp³-hybridized carbons (Fsp3) is 0.400. The van der Waals surface area contributed by atoms with Gasteiger partial charge in [0.1, 0.15) is 0 Å². The van der Waals surface area contributed by atoms with Crippen molar-refractivity contribution in [2.24, 2.45) is 5.92 Å². The topological polar surface area (TPSA) is 20.3 Å². The Balaban J connectivity index is 2.09. The molecule has 0 radical (unpaired) electrons. The molecular formula is C15H16ClNOS. The largest absolute Gasteiger partial charge is 0.367 e. The van der Waals surface area contributed by atoms with Gasteiger partial charge in [-0.15, -0.1) is 11.3 Å². The van der Waals surface area contributed by atoms with E-state index in [1.165, 1.54) is 12.8 Å². The molecule has 0 spiro atoms. The van der Waals surface area contributed by atoms with Crippen molar-refractivity contribution in [3.63, 3.8) is 0 Å². The SMILES string of the molecule is C[C@@H]1CCCN(c2csc3ccc(Cl)cc3c2=O)C1. The molecule has 2 heterocycles. The molecule has 0 saturated carbocycles. The minimum Gasteiger partial charge on any atom is -0.367 e. The predicted octanol–water partition coefficient (Wildman–Crippen LogP) is 4.15. The van der Waals surface area contributed by atoms with Crippen LogP contribution in [0.5, 0.6) is 0 Å². The summed E-state index contributed by atoms with van der Waals surface area (Å²) in [6.07, 6.45) is 2.42. The number of nitrogens with zero attached hydrogens (tertiary/aromatic N) is 1. The quantitative estimate of drug-likeness (QED) is 0.787. The molecule has 0 amide bonds. The van der Waals surface area contributed by atoms with Gasteiger partial charge in [-0.2, -0.15) is 0 Å². The first kappa shape index (κ1) is 12.9. The summed E-state index contributed by atoms with van der Waals surface area (Å²) < 4.78 is 1.00. The zero-order chi connectivity index (χ0) is 13.4. The minimum absolute atomic E-state index is 0.116. The highest BCUT2D eigenvalue weighted by molar-refractivity contribution is 7.16. The summed E-state index contributed by atoms with van der Waals surface area (Å²) in [4.78, 5) is 14.8. The lowest BCUT2D eigenvalue weighted by Crippen LogP contribution is -2.36. The Morgan fingerprint density at radius 2 is 2.26 bits per heavy atom. The maximum atomic E-state index is 12.6. The van der Waals surface area contributed by atoms with E-state index in [9.17, 15) is 4.79 Å². The third kappa shape index (κ3) is 2.49. The van der Waals surface area contributed by atoms with Crippen molar-refractivity contribution in [3.05, 3.63) is 38.8 Å². The van der Waals surface area contributed by atoms with Crippen LogP contribution in [0.25, 0.3) is 10.1 Å². The van der Waals surface area contributed by atoms with Crippen LogP contribution in [0.3, 0.4) is 0 Å². The second-order valence-electron chi connectivity index (χ2n) is 5.28. The molecule has 2 aromatic rings. The second-order valence-corrected chi connectivity index (χ2v) is 6.63. The molecule has 0 bridgehead atoms. The fourth-order valence-electron chi connectivity index (χ4n) is 2.72. The zero-order valence-electron chi connectivity index (χ0n) is 10.9. The average molecular weight is 294 g/mol. The smallest absolute Gasteiger partial charge is 0.211 e. The van der Waals surface area contributed by atoms with Crippen molar-refractivity contribution >= 4 is 38.7 Å². The molecule has 0 unspecified atom stereocenters. The van der Waals surface area contributed by atoms with Crippen LogP contribution in [0.4, 0.5) is 5.69 Å². The van der Waals surface area contributed by atoms with Crippen LogP contribution in [-0.2, 0) is 0 Å². The summed E-state index contributed by atoms with van der Waals surface area (Å²) in [5.41, 5.74) is 0.955. The Kier molecular flexibility index (Phi) is 3.50. The molecule has 1 atom stereocenters. The molecule has 0 N–H and O–H groups in total. The summed E-state index contributed by atoms with van der Waals surface area (Å²) in [5.74, 6) is 0.660. The molecule has 1 aromatic carbocycles. The normalized spacial score (nSPS) is 19.9. The van der Waals surface area contributed by atoms with Crippen LogP contribution in [0, 0.1) is 5.92 Å². The summed E-state index contributed by atoms with van der Waals surface area (Å²) in [6, 6.07) is 5.54. The molecule has 0 aliphatic carbocycles. The van der Waals surface area contributed by atoms with Crippen LogP contribution in [0.2, 0.25) is 5.02 Å². The number of fused-ring (bicyclic) bond motifs is 1. The maximum absolute atomic E-state index is 12.6. The molecule has 1 saturated heterocycles. The summed E-state index contributed by atoms with van der Waals surface area (Å²) in [5, 5.41) is 3.37. The number of hydrogen-bond donors (Lipinski definition) is 0. The third-order valence-corrected chi connectivity index (χ3v) is 4.90. The molecule has 1 aliphatic rings. The average Bonchev–Trinajstić information content (AvgIpc) is 2.40. The van der Waals surface area contributed by atoms with Gasteiger partial charge in [0.25, 0.3) is 0 Å². The van der Waals surface area contributed by atoms with Crippen molar-refractivity contribution in [2.75, 3.05) is 18.0 Å². The second kappa shape index (κ2) is 5.14. The van der Waals surface area contributed by atoms with E-state index in [1.807, 2.05) is 17.5 Å². The van der Waals surface area contributed by atoms with E-state index in [1.54, 1.807) is 17.4 Å². The molecule has 4 heteroatoms. The van der Waals surface area contributed by atoms with Gasteiger partial charge in [-0.1, -0.05) is 18.5 Å². The molecule has 1 aliphatic heterocycles. The maximum Gasteiger partial charge on any atom is 0.211 e. The highest BCUT2D eigenvalue weighted by Crippen LogP contribution is 2.26. The molecule has 100 valence electrons. The molecule has 3 rings (SSSR count). The van der Waals surface area contributed by atoms with Crippen molar-refractivity contribution in [3.8, 4) is 0 Å². The van der Waals surface area contributed by atoms with E-state index in [2.05, 4.69) is 11.8 Å². The molecular weight excluding hydrogens is 278 g/mol. The van der Waals surface area contributed by atoms with Gasteiger partial charge >= 0.3 is 0 Å². The number of anilines is 1. The van der Waals surface area contributed by atoms with E-state index in [-0.39, 0.29) is 5.43 Å². The first-order valence-electron chi connectivity index (χ1n) is 6.61. The van der Waals surface area contributed by atoms with Crippen molar-refractivity contribution in [2.45, 2.75) is 19.8 Å². The number of hydrogen-bond acceptors (Lipinski definition) is 3. The monoisotopic (exact) mass is 293 g/mol. The number of rotatable bonds is 1. The Bertz CT molecular complexity index is 667. The van der Waals surface area contributed by atoms with Gasteiger partial charge in [0.15, 0.2) is 0 Å². The summed E-state index contributed by atoms with van der Waals surface area (Å²) in [6.45, 7) is 4.21. The van der Waals surface area contributed by atoms with Crippen molar-refractivity contribution < 1.29 is 0 Å². The highest BCUT2D eigenvalue weighted by atomic mass is 35.5. The molecule has 2 nitrogen and oxygen atoms in total. The number of halogens is 1. The van der Waals surface area contributed by atoms with Gasteiger partial charge in [-0.05, 0) is 37.0 Å². The van der Waals surface area contributed by atoms with Gasteiger partial charge in [0, 0.05) is 33.6 Å². The molecule has 1 fully saturated rings. The van der Waals surface area contributed by atoms with Gasteiger partial charge in [0.2, 0.25) is 5.43 Å². The van der Waals surface area contributed by atoms with Gasteiger partial charge in [-0.3, -0.25) is 4.79 Å². The van der Waals surface area contributed by atoms with Crippen LogP contribution in [0.15, 0.2) is 28.4 Å². The van der Waals surface area contributed by atoms with Gasteiger partial charge in [-0.25, -0.2) is 0 Å². The van der Waals surface area contributed by atoms with E-state index >= 15 is 0 Å². The van der Waals surface area contributed by atoms with Crippen LogP contribution in [0.1, 0.15) is 19.8 Å². The predicted molar refractivity (Wildman–Crippen MR) is 83.7 cm³/mol. The lowest BCUT2D eigenvalue weighted by Gasteiger charge is -2.32. The van der Waals surface area contributed by atoms with Crippen LogP contribution < -0.4 is 10.3 Å². The van der Waals surface area contributed by atoms with Gasteiger partial charge < -0.3 is 4.90 Å². The standard InChI is InChI=1S/C15H16ClNOS/c1-10-3-2-6-17(8-10)13-9-19-14-5-4-11(16)7-12(14)15(13)18/h4-5,7,9-10H,2-3,6,8H2,1H3/t10-/m1/s1. The molecule has 1 aromatic heterocycles. The Morgan fingerprint density at radius 1 is 1.42 bits per heavy atom. The highest BCUT2D eigenvalue weighted by Gasteiger charge is 2.19. The Labute approximate surface area is 121 Å². The minimum atomic E-state index is 0.116. The fourth-order valence-corrected chi connectivity index (χ4v) is 3.81. The van der Waals surface area contributed by atoms with Crippen molar-refractivity contribution in [1.82, 2.24) is 0 Å². The van der Waals surface area contributed by atoms with E-state index in [0.29, 0.717) is 10.9 Å². The number of piperidine rings is 1. The van der Waals surface area contributed by atoms with E-state index < -0.39 is 0 Å². The lowest BCUT2D eigenvalue weighted by molar-refractivity contribution is 0.446. The van der Waals surface area contributed by atoms with Crippen molar-refractivity contribution in [1.29, 1.82) is 0 Å². The van der Waals surface area contributed by atoms with Gasteiger partial charge in [0.05, 0.1) is 5.69 Å². The Hall–Kier alpha value is -1.06. The zero-order valence-corrected chi connectivity index (χ0v) is 12.4. The van der Waals surface area contributed by atoms with E-state index in [0.717, 1.165) is 28.9 Å². The summed E-state index contributed by atoms with van der Waals surface area (Å²) >= 11 is 7.63. The van der Waals surface area contributed by atoms with Crippen LogP contribution >= 0.6 is 22.9 Å². The molecule has 19 heavy (non-hydrogen) atoms.